The molecule has 0 aromatic heterocycles. The van der Waals surface area contributed by atoms with Gasteiger partial charge in [-0.2, -0.15) is 0 Å². The Morgan fingerprint density at radius 3 is 0.968 bits per heavy atom. The van der Waals surface area contributed by atoms with Gasteiger partial charge in [0.2, 0.25) is 0 Å². The van der Waals surface area contributed by atoms with Crippen molar-refractivity contribution in [2.45, 2.75) is 119 Å². The minimum Gasteiger partial charge on any atom is -0.368 e. The predicted molar refractivity (Wildman–Crippen MR) is 140 cm³/mol. The van der Waals surface area contributed by atoms with E-state index in [1.807, 2.05) is 0 Å². The van der Waals surface area contributed by atoms with E-state index in [0.717, 1.165) is 39.3 Å². The highest BCUT2D eigenvalue weighted by Gasteiger charge is 2.23. The molecule has 0 fully saturated rings. The summed E-state index contributed by atoms with van der Waals surface area (Å²) in [6.45, 7) is 24.8. The number of hydrogen-bond acceptors (Lipinski definition) is 3. The highest BCUT2D eigenvalue weighted by molar-refractivity contribution is 5.19. The van der Waals surface area contributed by atoms with Gasteiger partial charge in [0.15, 0.2) is 0 Å². The Balaban J connectivity index is 6.38. The largest absolute Gasteiger partial charge is 0.368 e. The van der Waals surface area contributed by atoms with E-state index >= 15 is 0 Å². The molecule has 0 aromatic rings. The zero-order valence-electron chi connectivity index (χ0n) is 22.3. The zero-order chi connectivity index (χ0) is 23.3. The smallest absolute Gasteiger partial charge is 0.129 e. The minimum atomic E-state index is 1.11. The van der Waals surface area contributed by atoms with E-state index in [0.29, 0.717) is 0 Å². The number of allylic oxidation sites excluding steroid dienone is 1. The first-order valence-electron chi connectivity index (χ1n) is 13.7. The van der Waals surface area contributed by atoms with Gasteiger partial charge < -0.3 is 14.7 Å². The van der Waals surface area contributed by atoms with Gasteiger partial charge in [-0.05, 0) is 38.5 Å². The molecule has 0 aliphatic rings. The summed E-state index contributed by atoms with van der Waals surface area (Å²) in [6.07, 6.45) is 18.3. The summed E-state index contributed by atoms with van der Waals surface area (Å²) in [7, 11) is 0. The zero-order valence-corrected chi connectivity index (χ0v) is 22.3. The summed E-state index contributed by atoms with van der Waals surface area (Å²) in [4.78, 5) is 7.98. The van der Waals surface area contributed by atoms with Crippen molar-refractivity contribution in [1.29, 1.82) is 0 Å². The van der Waals surface area contributed by atoms with Crippen LogP contribution in [0.15, 0.2) is 18.1 Å². The average Bonchev–Trinajstić information content (AvgIpc) is 2.79. The van der Waals surface area contributed by atoms with Crippen LogP contribution in [0.5, 0.6) is 0 Å². The minimum absolute atomic E-state index is 1.11. The third kappa shape index (κ3) is 12.5. The second-order valence-electron chi connectivity index (χ2n) is 8.93. The molecule has 0 aliphatic carbocycles. The third-order valence-electron chi connectivity index (χ3n) is 5.98. The Hall–Kier alpha value is -1.12. The van der Waals surface area contributed by atoms with Gasteiger partial charge in [0, 0.05) is 45.3 Å². The number of rotatable bonds is 22. The van der Waals surface area contributed by atoms with E-state index in [2.05, 4.69) is 68.9 Å². The lowest BCUT2D eigenvalue weighted by molar-refractivity contribution is 0.181. The predicted octanol–water partition coefficient (Wildman–Crippen LogP) is 7.85. The van der Waals surface area contributed by atoms with E-state index in [1.54, 1.807) is 0 Å². The fourth-order valence-corrected chi connectivity index (χ4v) is 3.91. The molecule has 0 atom stereocenters. The molecule has 0 saturated carbocycles. The van der Waals surface area contributed by atoms with Crippen LogP contribution in [0, 0.1) is 6.08 Å². The van der Waals surface area contributed by atoms with Gasteiger partial charge >= 0.3 is 0 Å². The second kappa shape index (κ2) is 20.8. The number of nitrogens with zero attached hydrogens (tertiary/aromatic N) is 3. The van der Waals surface area contributed by atoms with Gasteiger partial charge in [0.1, 0.15) is 5.82 Å². The molecule has 0 heterocycles. The lowest BCUT2D eigenvalue weighted by Gasteiger charge is -2.40. The summed E-state index contributed by atoms with van der Waals surface area (Å²) in [5.74, 6) is 1.42. The average molecular weight is 435 g/mol. The monoisotopic (exact) mass is 434 g/mol. The van der Waals surface area contributed by atoms with E-state index in [1.165, 1.54) is 88.6 Å². The maximum absolute atomic E-state index is 4.23. The Kier molecular flexibility index (Phi) is 20.0. The molecule has 0 spiro atoms. The van der Waals surface area contributed by atoms with E-state index in [9.17, 15) is 0 Å². The quantitative estimate of drug-likeness (QED) is 0.161. The molecule has 0 rings (SSSR count). The maximum Gasteiger partial charge on any atom is 0.129 e. The molecule has 3 heteroatoms. The van der Waals surface area contributed by atoms with E-state index in [-0.39, 0.29) is 0 Å². The Bertz CT molecular complexity index is 398. The molecule has 0 aliphatic heterocycles. The molecule has 0 unspecified atom stereocenters. The Labute approximate surface area is 196 Å². The number of hydrogen-bond donors (Lipinski definition) is 0. The molecule has 0 N–H and O–H groups in total. The molecule has 1 radical (unpaired) electrons. The van der Waals surface area contributed by atoms with Crippen LogP contribution in [0.1, 0.15) is 119 Å². The van der Waals surface area contributed by atoms with Crippen molar-refractivity contribution in [2.24, 2.45) is 0 Å². The van der Waals surface area contributed by atoms with Crippen LogP contribution < -0.4 is 0 Å². The Morgan fingerprint density at radius 2 is 0.742 bits per heavy atom. The second-order valence-corrected chi connectivity index (χ2v) is 8.93. The van der Waals surface area contributed by atoms with Crippen LogP contribution in [0.25, 0.3) is 0 Å². The van der Waals surface area contributed by atoms with Crippen LogP contribution >= 0.6 is 0 Å². The van der Waals surface area contributed by atoms with Gasteiger partial charge in [-0.15, -0.1) is 0 Å². The van der Waals surface area contributed by atoms with Crippen LogP contribution in [-0.2, 0) is 0 Å². The molecular weight excluding hydrogens is 378 g/mol. The van der Waals surface area contributed by atoms with E-state index < -0.39 is 0 Å². The van der Waals surface area contributed by atoms with E-state index in [4.69, 9.17) is 0 Å². The molecular formula is C28H56N3. The van der Waals surface area contributed by atoms with Crippen LogP contribution in [0.3, 0.4) is 0 Å². The van der Waals surface area contributed by atoms with Crippen LogP contribution in [0.2, 0.25) is 0 Å². The molecule has 0 amide bonds. The van der Waals surface area contributed by atoms with Crippen molar-refractivity contribution >= 4 is 0 Å². The molecule has 3 nitrogen and oxygen atoms in total. The van der Waals surface area contributed by atoms with Crippen molar-refractivity contribution in [3.05, 3.63) is 24.2 Å². The third-order valence-corrected chi connectivity index (χ3v) is 5.98. The lowest BCUT2D eigenvalue weighted by atomic mass is 10.1. The molecule has 0 bridgehead atoms. The SMILES string of the molecule is C=[C]C(=C(N(CCCC)CCCC)N(CCCC)CCCC)N(CCCC)CCCC. The van der Waals surface area contributed by atoms with Crippen molar-refractivity contribution < 1.29 is 0 Å². The van der Waals surface area contributed by atoms with Crippen LogP contribution in [0.4, 0.5) is 0 Å². The first kappa shape index (κ1) is 29.9. The summed E-state index contributed by atoms with van der Waals surface area (Å²) in [5, 5.41) is 0. The molecule has 183 valence electrons. The first-order valence-corrected chi connectivity index (χ1v) is 13.7. The van der Waals surface area contributed by atoms with Gasteiger partial charge in [0.25, 0.3) is 0 Å². The van der Waals surface area contributed by atoms with Crippen molar-refractivity contribution in [3.8, 4) is 0 Å². The van der Waals surface area contributed by atoms with Gasteiger partial charge in [-0.25, -0.2) is 0 Å². The first-order chi connectivity index (χ1) is 15.1. The summed E-state index contributed by atoms with van der Waals surface area (Å²) < 4.78 is 0. The Morgan fingerprint density at radius 1 is 0.484 bits per heavy atom. The summed E-state index contributed by atoms with van der Waals surface area (Å²) in [6, 6.07) is 0. The van der Waals surface area contributed by atoms with Gasteiger partial charge in [-0.1, -0.05) is 86.6 Å². The number of unbranched alkanes of at least 4 members (excludes halogenated alkanes) is 6. The lowest BCUT2D eigenvalue weighted by Crippen LogP contribution is -2.42. The topological polar surface area (TPSA) is 9.72 Å². The van der Waals surface area contributed by atoms with Crippen molar-refractivity contribution in [2.75, 3.05) is 39.3 Å². The summed E-state index contributed by atoms with van der Waals surface area (Å²) in [5.41, 5.74) is 1.27. The van der Waals surface area contributed by atoms with Gasteiger partial charge in [-0.3, -0.25) is 0 Å². The van der Waals surface area contributed by atoms with Crippen molar-refractivity contribution in [3.63, 3.8) is 0 Å². The fourth-order valence-electron chi connectivity index (χ4n) is 3.91. The highest BCUT2D eigenvalue weighted by Crippen LogP contribution is 2.24. The highest BCUT2D eigenvalue weighted by atomic mass is 15.3. The van der Waals surface area contributed by atoms with Crippen molar-refractivity contribution in [1.82, 2.24) is 14.7 Å². The van der Waals surface area contributed by atoms with Gasteiger partial charge in [0.05, 0.1) is 5.70 Å². The molecule has 0 saturated heterocycles. The van der Waals surface area contributed by atoms with Crippen LogP contribution in [-0.4, -0.2) is 54.0 Å². The maximum atomic E-state index is 4.23. The standard InChI is InChI=1S/C28H56N3/c1-8-15-21-29(22-16-9-2)27(14-7)28(30(23-17-10-3)24-18-11-4)31(25-19-12-5)26-20-13-6/h7-13,15-26H2,1-6H3. The normalized spacial score (nSPS) is 10.8. The summed E-state index contributed by atoms with van der Waals surface area (Å²) >= 11 is 0. The fraction of sp³-hybridized carbons (Fsp3) is 0.857. The molecule has 31 heavy (non-hydrogen) atoms. The molecule has 0 aromatic carbocycles.